The van der Waals surface area contributed by atoms with Crippen molar-refractivity contribution in [2.24, 2.45) is 0 Å². The molecule has 0 saturated heterocycles. The van der Waals surface area contributed by atoms with Gasteiger partial charge in [-0.2, -0.15) is 4.31 Å². The molecule has 0 bridgehead atoms. The first kappa shape index (κ1) is 19.2. The van der Waals surface area contributed by atoms with Gasteiger partial charge in [0.05, 0.1) is 4.90 Å². The minimum Gasteiger partial charge on any atom is -0.440 e. The summed E-state index contributed by atoms with van der Waals surface area (Å²) in [4.78, 5) is 12.2. The Labute approximate surface area is 162 Å². The summed E-state index contributed by atoms with van der Waals surface area (Å²) >= 11 is 5.65. The molecule has 1 heterocycles. The lowest BCUT2D eigenvalue weighted by Gasteiger charge is -2.17. The molecule has 0 saturated carbocycles. The number of halogens is 1. The zero-order valence-corrected chi connectivity index (χ0v) is 16.0. The highest BCUT2D eigenvalue weighted by Gasteiger charge is 2.21. The van der Waals surface area contributed by atoms with Gasteiger partial charge in [0.1, 0.15) is 0 Å². The number of furan rings is 1. The van der Waals surface area contributed by atoms with Crippen LogP contribution in [-0.2, 0) is 16.6 Å². The number of sulfonamides is 1. The Hall–Kier alpha value is -2.61. The number of hydrogen-bond donors (Lipinski definition) is 1. The molecule has 1 N–H and O–H groups in total. The number of amides is 1. The van der Waals surface area contributed by atoms with E-state index in [-0.39, 0.29) is 22.4 Å². The van der Waals surface area contributed by atoms with Gasteiger partial charge in [-0.25, -0.2) is 8.42 Å². The van der Waals surface area contributed by atoms with Crippen LogP contribution in [-0.4, -0.2) is 25.7 Å². The van der Waals surface area contributed by atoms with E-state index in [1.807, 2.05) is 30.3 Å². The molecule has 0 radical (unpaired) electrons. The van der Waals surface area contributed by atoms with Crippen LogP contribution in [0.3, 0.4) is 0 Å². The minimum atomic E-state index is -3.65. The van der Waals surface area contributed by atoms with E-state index < -0.39 is 15.9 Å². The Morgan fingerprint density at radius 3 is 2.30 bits per heavy atom. The van der Waals surface area contributed by atoms with Gasteiger partial charge in [-0.3, -0.25) is 4.79 Å². The molecule has 0 aliphatic carbocycles. The van der Waals surface area contributed by atoms with Crippen molar-refractivity contribution in [1.82, 2.24) is 4.31 Å². The summed E-state index contributed by atoms with van der Waals surface area (Å²) in [5.41, 5.74) is 1.33. The standard InChI is InChI=1S/C19H17ClN2O4S/c1-22(13-14-5-3-2-4-6-14)27(24,25)16-9-7-15(8-10-16)21-19(23)17-11-12-18(20)26-17/h2-12H,13H2,1H3,(H,21,23). The first-order valence-electron chi connectivity index (χ1n) is 8.03. The van der Waals surface area contributed by atoms with Crippen LogP contribution >= 0.6 is 11.6 Å². The van der Waals surface area contributed by atoms with Gasteiger partial charge >= 0.3 is 0 Å². The number of carbonyl (C=O) groups is 1. The SMILES string of the molecule is CN(Cc1ccccc1)S(=O)(=O)c1ccc(NC(=O)c2ccc(Cl)o2)cc1. The van der Waals surface area contributed by atoms with E-state index in [1.165, 1.54) is 47.8 Å². The van der Waals surface area contributed by atoms with E-state index in [0.29, 0.717) is 5.69 Å². The Balaban J connectivity index is 1.71. The van der Waals surface area contributed by atoms with Crippen molar-refractivity contribution in [3.8, 4) is 0 Å². The van der Waals surface area contributed by atoms with Gasteiger partial charge in [-0.15, -0.1) is 0 Å². The van der Waals surface area contributed by atoms with Gasteiger partial charge in [0, 0.05) is 19.3 Å². The van der Waals surface area contributed by atoms with Crippen molar-refractivity contribution in [2.75, 3.05) is 12.4 Å². The maximum Gasteiger partial charge on any atom is 0.291 e. The third-order valence-corrected chi connectivity index (χ3v) is 5.89. The first-order valence-corrected chi connectivity index (χ1v) is 9.85. The average molecular weight is 405 g/mol. The fourth-order valence-corrected chi connectivity index (χ4v) is 3.75. The summed E-state index contributed by atoms with van der Waals surface area (Å²) < 4.78 is 31.7. The molecular weight excluding hydrogens is 388 g/mol. The molecule has 0 atom stereocenters. The second-order valence-corrected chi connectivity index (χ2v) is 8.25. The summed E-state index contributed by atoms with van der Waals surface area (Å²) in [6, 6.07) is 18.2. The Morgan fingerprint density at radius 1 is 1.04 bits per heavy atom. The predicted octanol–water partition coefficient (Wildman–Crippen LogP) is 4.01. The Bertz CT molecular complexity index is 1030. The number of carbonyl (C=O) groups excluding carboxylic acids is 1. The van der Waals surface area contributed by atoms with Crippen LogP contribution in [0.2, 0.25) is 5.22 Å². The van der Waals surface area contributed by atoms with E-state index >= 15 is 0 Å². The van der Waals surface area contributed by atoms with Gasteiger partial charge in [-0.05, 0) is 53.6 Å². The summed E-state index contributed by atoms with van der Waals surface area (Å²) in [6.07, 6.45) is 0. The van der Waals surface area contributed by atoms with Crippen molar-refractivity contribution in [1.29, 1.82) is 0 Å². The molecule has 140 valence electrons. The van der Waals surface area contributed by atoms with Gasteiger partial charge < -0.3 is 9.73 Å². The van der Waals surface area contributed by atoms with Crippen LogP contribution in [0.15, 0.2) is 76.0 Å². The molecule has 0 unspecified atom stereocenters. The first-order chi connectivity index (χ1) is 12.9. The summed E-state index contributed by atoms with van der Waals surface area (Å²) in [5.74, 6) is -0.405. The number of nitrogens with zero attached hydrogens (tertiary/aromatic N) is 1. The molecule has 2 aromatic carbocycles. The smallest absolute Gasteiger partial charge is 0.291 e. The zero-order valence-electron chi connectivity index (χ0n) is 14.4. The van der Waals surface area contributed by atoms with E-state index in [0.717, 1.165) is 5.56 Å². The largest absolute Gasteiger partial charge is 0.440 e. The third kappa shape index (κ3) is 4.57. The third-order valence-electron chi connectivity index (χ3n) is 3.87. The molecule has 3 rings (SSSR count). The highest BCUT2D eigenvalue weighted by molar-refractivity contribution is 7.89. The monoisotopic (exact) mass is 404 g/mol. The molecule has 0 fully saturated rings. The number of nitrogens with one attached hydrogen (secondary N) is 1. The van der Waals surface area contributed by atoms with Crippen molar-refractivity contribution in [3.05, 3.63) is 83.3 Å². The van der Waals surface area contributed by atoms with Crippen LogP contribution in [0, 0.1) is 0 Å². The molecule has 1 amide bonds. The van der Waals surface area contributed by atoms with Crippen LogP contribution < -0.4 is 5.32 Å². The molecular formula is C19H17ClN2O4S. The normalized spacial score (nSPS) is 11.5. The number of anilines is 1. The fourth-order valence-electron chi connectivity index (χ4n) is 2.44. The van der Waals surface area contributed by atoms with E-state index in [4.69, 9.17) is 16.0 Å². The predicted molar refractivity (Wildman–Crippen MR) is 103 cm³/mol. The quantitative estimate of drug-likeness (QED) is 0.673. The lowest BCUT2D eigenvalue weighted by Crippen LogP contribution is -2.26. The minimum absolute atomic E-state index is 0.0688. The Kier molecular flexibility index (Phi) is 5.65. The lowest BCUT2D eigenvalue weighted by molar-refractivity contribution is 0.0997. The molecule has 6 nitrogen and oxygen atoms in total. The second-order valence-electron chi connectivity index (χ2n) is 5.83. The molecule has 1 aromatic heterocycles. The second kappa shape index (κ2) is 7.96. The fraction of sp³-hybridized carbons (Fsp3) is 0.105. The Morgan fingerprint density at radius 2 is 1.70 bits per heavy atom. The topological polar surface area (TPSA) is 79.6 Å². The highest BCUT2D eigenvalue weighted by Crippen LogP contribution is 2.20. The van der Waals surface area contributed by atoms with Crippen LogP contribution in [0.1, 0.15) is 16.1 Å². The summed E-state index contributed by atoms with van der Waals surface area (Å²) in [6.45, 7) is 0.265. The highest BCUT2D eigenvalue weighted by atomic mass is 35.5. The maximum absolute atomic E-state index is 12.7. The molecule has 8 heteroatoms. The van der Waals surface area contributed by atoms with Crippen molar-refractivity contribution >= 4 is 33.2 Å². The van der Waals surface area contributed by atoms with Crippen LogP contribution in [0.4, 0.5) is 5.69 Å². The number of hydrogen-bond acceptors (Lipinski definition) is 4. The summed E-state index contributed by atoms with van der Waals surface area (Å²) in [5, 5.41) is 2.73. The van der Waals surface area contributed by atoms with Gasteiger partial charge in [0.2, 0.25) is 10.0 Å². The maximum atomic E-state index is 12.7. The number of benzene rings is 2. The summed E-state index contributed by atoms with van der Waals surface area (Å²) in [7, 11) is -2.12. The van der Waals surface area contributed by atoms with Crippen molar-refractivity contribution < 1.29 is 17.6 Å². The number of rotatable bonds is 6. The molecule has 0 aliphatic rings. The van der Waals surface area contributed by atoms with Gasteiger partial charge in [0.15, 0.2) is 11.0 Å². The van der Waals surface area contributed by atoms with Crippen LogP contribution in [0.25, 0.3) is 0 Å². The van der Waals surface area contributed by atoms with Crippen molar-refractivity contribution in [3.63, 3.8) is 0 Å². The van der Waals surface area contributed by atoms with E-state index in [9.17, 15) is 13.2 Å². The van der Waals surface area contributed by atoms with Crippen molar-refractivity contribution in [2.45, 2.75) is 11.4 Å². The molecule has 0 spiro atoms. The molecule has 27 heavy (non-hydrogen) atoms. The van der Waals surface area contributed by atoms with Gasteiger partial charge in [0.25, 0.3) is 5.91 Å². The van der Waals surface area contributed by atoms with E-state index in [2.05, 4.69) is 5.32 Å². The molecule has 0 aliphatic heterocycles. The van der Waals surface area contributed by atoms with Gasteiger partial charge in [-0.1, -0.05) is 30.3 Å². The average Bonchev–Trinajstić information content (AvgIpc) is 3.09. The van der Waals surface area contributed by atoms with E-state index in [1.54, 1.807) is 0 Å². The zero-order chi connectivity index (χ0) is 19.4. The molecule has 3 aromatic rings. The lowest BCUT2D eigenvalue weighted by atomic mass is 10.2. The van der Waals surface area contributed by atoms with Crippen LogP contribution in [0.5, 0.6) is 0 Å².